The third-order valence-corrected chi connectivity index (χ3v) is 5.58. The Labute approximate surface area is 166 Å². The molecule has 1 heterocycles. The maximum atomic E-state index is 11.5. The molecule has 1 atom stereocenters. The van der Waals surface area contributed by atoms with Crippen molar-refractivity contribution in [2.45, 2.75) is 53.2 Å². The van der Waals surface area contributed by atoms with Gasteiger partial charge in [-0.3, -0.25) is 9.69 Å². The zero-order valence-corrected chi connectivity index (χ0v) is 17.3. The molecule has 27 heavy (non-hydrogen) atoms. The number of benzene rings is 2. The molecule has 4 nitrogen and oxygen atoms in total. The van der Waals surface area contributed by atoms with E-state index < -0.39 is 5.72 Å². The molecule has 1 unspecified atom stereocenters. The van der Waals surface area contributed by atoms with Crippen molar-refractivity contribution in [1.82, 2.24) is 0 Å². The van der Waals surface area contributed by atoms with Crippen LogP contribution in [0.25, 0.3) is 0 Å². The van der Waals surface area contributed by atoms with Gasteiger partial charge in [0.1, 0.15) is 11.5 Å². The number of anilines is 1. The summed E-state index contributed by atoms with van der Waals surface area (Å²) >= 11 is 5.32. The van der Waals surface area contributed by atoms with Crippen molar-refractivity contribution in [2.24, 2.45) is 0 Å². The molecular formula is C22H25NO3S. The third kappa shape index (κ3) is 3.44. The molecule has 5 heteroatoms. The fourth-order valence-corrected chi connectivity index (χ4v) is 4.07. The monoisotopic (exact) mass is 383 g/mol. The number of ether oxygens (including phenoxy) is 2. The van der Waals surface area contributed by atoms with Gasteiger partial charge in [0.2, 0.25) is 0 Å². The average molecular weight is 384 g/mol. The zero-order valence-electron chi connectivity index (χ0n) is 16.5. The van der Waals surface area contributed by atoms with Crippen molar-refractivity contribution in [1.29, 1.82) is 0 Å². The molecule has 0 radical (unpaired) electrons. The van der Waals surface area contributed by atoms with Crippen LogP contribution in [0.2, 0.25) is 0 Å². The van der Waals surface area contributed by atoms with E-state index in [1.807, 2.05) is 56.0 Å². The lowest BCUT2D eigenvalue weighted by Crippen LogP contribution is -2.52. The summed E-state index contributed by atoms with van der Waals surface area (Å²) in [6.07, 6.45) is 1.59. The lowest BCUT2D eigenvalue weighted by atomic mass is 9.89. The van der Waals surface area contributed by atoms with Gasteiger partial charge in [0.15, 0.2) is 5.72 Å². The molecule has 0 aromatic heterocycles. The molecule has 0 saturated carbocycles. The predicted molar refractivity (Wildman–Crippen MR) is 112 cm³/mol. The van der Waals surface area contributed by atoms with Gasteiger partial charge >= 0.3 is 5.97 Å². The van der Waals surface area contributed by atoms with Crippen molar-refractivity contribution >= 4 is 29.4 Å². The molecular weight excluding hydrogens is 358 g/mol. The summed E-state index contributed by atoms with van der Waals surface area (Å²) in [6, 6.07) is 10.0. The number of para-hydroxylation sites is 1. The van der Waals surface area contributed by atoms with Crippen molar-refractivity contribution in [2.75, 3.05) is 4.90 Å². The lowest BCUT2D eigenvalue weighted by molar-refractivity contribution is -0.132. The molecule has 0 aliphatic carbocycles. The first-order valence-electron chi connectivity index (χ1n) is 9.08. The van der Waals surface area contributed by atoms with Crippen molar-refractivity contribution in [3.63, 3.8) is 0 Å². The van der Waals surface area contributed by atoms with Gasteiger partial charge in [0, 0.05) is 24.6 Å². The summed E-state index contributed by atoms with van der Waals surface area (Å²) in [6.45, 7) is 9.46. The second-order valence-electron chi connectivity index (χ2n) is 7.19. The molecule has 3 rings (SSSR count). The molecule has 0 bridgehead atoms. The Balaban J connectivity index is 2.06. The molecule has 0 N–H and O–H groups in total. The maximum absolute atomic E-state index is 11.5. The van der Waals surface area contributed by atoms with Crippen LogP contribution < -0.4 is 14.4 Å². The van der Waals surface area contributed by atoms with Crippen LogP contribution in [0, 0.1) is 20.8 Å². The predicted octanol–water partition coefficient (Wildman–Crippen LogP) is 5.04. The van der Waals surface area contributed by atoms with Crippen LogP contribution in [0.3, 0.4) is 0 Å². The molecule has 0 fully saturated rings. The summed E-state index contributed by atoms with van der Waals surface area (Å²) in [5, 5.41) is 0. The Morgan fingerprint density at radius 2 is 1.85 bits per heavy atom. The minimum Gasteiger partial charge on any atom is -0.467 e. The SMILES string of the molecule is CC(=O)Oc1c(C)c(C)c2c(c1C)CCC(C)(N(C=S)c1ccccc1)O2. The van der Waals surface area contributed by atoms with E-state index in [0.717, 1.165) is 46.5 Å². The maximum Gasteiger partial charge on any atom is 0.308 e. The highest BCUT2D eigenvalue weighted by Gasteiger charge is 2.39. The molecule has 2 aromatic carbocycles. The van der Waals surface area contributed by atoms with Crippen molar-refractivity contribution in [3.8, 4) is 11.5 Å². The van der Waals surface area contributed by atoms with Crippen LogP contribution in [0.1, 0.15) is 42.5 Å². The quantitative estimate of drug-likeness (QED) is 0.420. The number of nitrogens with zero attached hydrogens (tertiary/aromatic N) is 1. The fourth-order valence-electron chi connectivity index (χ4n) is 3.72. The van der Waals surface area contributed by atoms with Gasteiger partial charge in [-0.15, -0.1) is 0 Å². The number of hydrogen-bond donors (Lipinski definition) is 0. The van der Waals surface area contributed by atoms with E-state index in [2.05, 4.69) is 6.92 Å². The standard InChI is InChI=1S/C22H25NO3S/c1-14-15(2)21-19(16(3)20(14)25-17(4)24)11-12-22(5,26-21)23(13-27)18-9-7-6-8-10-18/h6-10,13H,11-12H2,1-5H3. The van der Waals surface area contributed by atoms with Crippen molar-refractivity contribution < 1.29 is 14.3 Å². The van der Waals surface area contributed by atoms with Gasteiger partial charge in [0.25, 0.3) is 0 Å². The summed E-state index contributed by atoms with van der Waals surface area (Å²) in [4.78, 5) is 13.5. The first-order chi connectivity index (χ1) is 12.8. The zero-order chi connectivity index (χ0) is 19.8. The largest absolute Gasteiger partial charge is 0.467 e. The Morgan fingerprint density at radius 3 is 2.44 bits per heavy atom. The van der Waals surface area contributed by atoms with Gasteiger partial charge in [-0.2, -0.15) is 0 Å². The molecule has 1 aliphatic heterocycles. The molecule has 0 spiro atoms. The second kappa shape index (κ2) is 7.31. The average Bonchev–Trinajstić information content (AvgIpc) is 2.64. The minimum absolute atomic E-state index is 0.307. The first-order valence-corrected chi connectivity index (χ1v) is 9.55. The summed E-state index contributed by atoms with van der Waals surface area (Å²) in [5.41, 5.74) is 6.07. The smallest absolute Gasteiger partial charge is 0.308 e. The Morgan fingerprint density at radius 1 is 1.19 bits per heavy atom. The summed E-state index contributed by atoms with van der Waals surface area (Å²) < 4.78 is 12.1. The first kappa shape index (κ1) is 19.4. The number of hydrogen-bond acceptors (Lipinski definition) is 4. The van der Waals surface area contributed by atoms with E-state index >= 15 is 0 Å². The Kier molecular flexibility index (Phi) is 5.24. The normalized spacial score (nSPS) is 18.3. The van der Waals surface area contributed by atoms with E-state index in [0.29, 0.717) is 5.75 Å². The van der Waals surface area contributed by atoms with E-state index in [1.54, 1.807) is 5.49 Å². The lowest BCUT2D eigenvalue weighted by Gasteiger charge is -2.44. The van der Waals surface area contributed by atoms with Crippen LogP contribution in [-0.2, 0) is 11.2 Å². The summed E-state index contributed by atoms with van der Waals surface area (Å²) in [7, 11) is 0. The second-order valence-corrected chi connectivity index (χ2v) is 7.40. The number of fused-ring (bicyclic) bond motifs is 1. The molecule has 2 aromatic rings. The van der Waals surface area contributed by atoms with E-state index in [4.69, 9.17) is 21.7 Å². The Bertz CT molecular complexity index is 894. The number of carbonyl (C=O) groups excluding carboxylic acids is 1. The van der Waals surface area contributed by atoms with E-state index in [9.17, 15) is 4.79 Å². The highest BCUT2D eigenvalue weighted by atomic mass is 32.1. The van der Waals surface area contributed by atoms with Crippen LogP contribution >= 0.6 is 12.2 Å². The molecule has 0 saturated heterocycles. The minimum atomic E-state index is -0.581. The molecule has 1 aliphatic rings. The van der Waals surface area contributed by atoms with E-state index in [-0.39, 0.29) is 5.97 Å². The molecule has 0 amide bonds. The van der Waals surface area contributed by atoms with Gasteiger partial charge in [-0.1, -0.05) is 30.4 Å². The van der Waals surface area contributed by atoms with Crippen molar-refractivity contribution in [3.05, 3.63) is 52.6 Å². The Hall–Kier alpha value is -2.40. The fraction of sp³-hybridized carbons (Fsp3) is 0.364. The van der Waals surface area contributed by atoms with Crippen LogP contribution in [0.5, 0.6) is 11.5 Å². The van der Waals surface area contributed by atoms with Crippen LogP contribution in [0.15, 0.2) is 30.3 Å². The summed E-state index contributed by atoms with van der Waals surface area (Å²) in [5.74, 6) is 1.21. The number of esters is 1. The molecule has 142 valence electrons. The number of carbonyl (C=O) groups is 1. The van der Waals surface area contributed by atoms with Gasteiger partial charge in [-0.25, -0.2) is 0 Å². The van der Waals surface area contributed by atoms with Gasteiger partial charge in [0.05, 0.1) is 5.49 Å². The third-order valence-electron chi connectivity index (χ3n) is 5.37. The number of thiocarbonyl (C=S) groups is 1. The highest BCUT2D eigenvalue weighted by molar-refractivity contribution is 7.79. The number of rotatable bonds is 4. The highest BCUT2D eigenvalue weighted by Crippen LogP contribution is 2.45. The van der Waals surface area contributed by atoms with Crippen LogP contribution in [0.4, 0.5) is 5.69 Å². The van der Waals surface area contributed by atoms with E-state index in [1.165, 1.54) is 6.92 Å². The van der Waals surface area contributed by atoms with Gasteiger partial charge in [-0.05, 0) is 62.9 Å². The van der Waals surface area contributed by atoms with Gasteiger partial charge < -0.3 is 9.47 Å². The topological polar surface area (TPSA) is 38.8 Å². The van der Waals surface area contributed by atoms with Crippen LogP contribution in [-0.4, -0.2) is 17.2 Å².